The van der Waals surface area contributed by atoms with Gasteiger partial charge in [0, 0.05) is 37.9 Å². The number of hydrogen-bond acceptors (Lipinski definition) is 2. The molecule has 6 rings (SSSR count). The molecule has 2 heterocycles. The molecule has 0 radical (unpaired) electrons. The largest absolute Gasteiger partial charge is 0.573 e. The molecular formula is C34H28Cl2F6N2O2. The first-order valence-electron chi connectivity index (χ1n) is 13.7. The number of H-pyrrole nitrogens is 2. The predicted octanol–water partition coefficient (Wildman–Crippen LogP) is 11.6. The zero-order chi connectivity index (χ0) is 33.6. The number of hydrogen-bond donors (Lipinski definition) is 2. The molecule has 0 amide bonds. The van der Waals surface area contributed by atoms with E-state index in [0.29, 0.717) is 11.4 Å². The van der Waals surface area contributed by atoms with Gasteiger partial charge < -0.3 is 19.4 Å². The molecule has 46 heavy (non-hydrogen) atoms. The molecule has 2 aromatic heterocycles. The number of ether oxygens (including phenoxy) is 2. The number of benzene rings is 4. The van der Waals surface area contributed by atoms with Gasteiger partial charge in [0.25, 0.3) is 0 Å². The minimum absolute atomic E-state index is 0.178. The minimum atomic E-state index is -4.69. The summed E-state index contributed by atoms with van der Waals surface area (Å²) in [6.45, 7) is 5.66. The van der Waals surface area contributed by atoms with Gasteiger partial charge in [-0.2, -0.15) is 0 Å². The van der Waals surface area contributed by atoms with Gasteiger partial charge in [0.2, 0.25) is 0 Å². The summed E-state index contributed by atoms with van der Waals surface area (Å²) in [4.78, 5) is 6.46. The van der Waals surface area contributed by atoms with Crippen molar-refractivity contribution >= 4 is 45.0 Å². The summed E-state index contributed by atoms with van der Waals surface area (Å²) in [7, 11) is 0. The van der Waals surface area contributed by atoms with Crippen LogP contribution in [0.2, 0.25) is 10.0 Å². The zero-order valence-electron chi connectivity index (χ0n) is 24.7. The highest BCUT2D eigenvalue weighted by Gasteiger charge is 2.31. The molecule has 0 saturated heterocycles. The molecule has 0 aliphatic rings. The summed E-state index contributed by atoms with van der Waals surface area (Å²) in [5.74, 6) is -0.391. The molecule has 2 N–H and O–H groups in total. The third kappa shape index (κ3) is 10.4. The van der Waals surface area contributed by atoms with Crippen LogP contribution in [0.5, 0.6) is 11.5 Å². The van der Waals surface area contributed by atoms with E-state index in [1.54, 1.807) is 31.2 Å². The molecule has 0 bridgehead atoms. The summed E-state index contributed by atoms with van der Waals surface area (Å²) >= 11 is 11.8. The van der Waals surface area contributed by atoms with Crippen molar-refractivity contribution in [2.24, 2.45) is 0 Å². The minimum Gasteiger partial charge on any atom is -0.406 e. The zero-order valence-corrected chi connectivity index (χ0v) is 26.2. The highest BCUT2D eigenvalue weighted by Crippen LogP contribution is 2.29. The van der Waals surface area contributed by atoms with Crippen LogP contribution in [0.15, 0.2) is 91.0 Å². The van der Waals surface area contributed by atoms with Crippen molar-refractivity contribution in [3.8, 4) is 11.5 Å². The van der Waals surface area contributed by atoms with E-state index in [9.17, 15) is 26.3 Å². The summed E-state index contributed by atoms with van der Waals surface area (Å²) < 4.78 is 79.6. The Morgan fingerprint density at radius 3 is 1.85 bits per heavy atom. The number of aromatic amines is 2. The van der Waals surface area contributed by atoms with Gasteiger partial charge in [0.1, 0.15) is 11.5 Å². The molecule has 0 aliphatic carbocycles. The van der Waals surface area contributed by atoms with Gasteiger partial charge in [-0.15, -0.1) is 26.3 Å². The van der Waals surface area contributed by atoms with Crippen molar-refractivity contribution in [1.82, 2.24) is 9.97 Å². The maximum atomic E-state index is 12.3. The number of nitrogens with one attached hydrogen (secondary N) is 2. The lowest BCUT2D eigenvalue weighted by molar-refractivity contribution is -0.275. The monoisotopic (exact) mass is 680 g/mol. The number of aromatic nitrogens is 2. The lowest BCUT2D eigenvalue weighted by atomic mass is 10.0. The van der Waals surface area contributed by atoms with Crippen LogP contribution in [-0.2, 0) is 6.42 Å². The fraction of sp³-hybridized carbons (Fsp3) is 0.176. The quantitative estimate of drug-likeness (QED) is 0.182. The Hall–Kier alpha value is -4.28. The van der Waals surface area contributed by atoms with Gasteiger partial charge in [-0.25, -0.2) is 0 Å². The Morgan fingerprint density at radius 2 is 1.22 bits per heavy atom. The number of rotatable bonds is 4. The van der Waals surface area contributed by atoms with E-state index in [0.717, 1.165) is 43.8 Å². The van der Waals surface area contributed by atoms with Crippen molar-refractivity contribution in [2.75, 3.05) is 0 Å². The van der Waals surface area contributed by atoms with E-state index < -0.39 is 12.7 Å². The first-order chi connectivity index (χ1) is 21.5. The number of aryl methyl sites for hydroxylation is 3. The second-order valence-corrected chi connectivity index (χ2v) is 11.2. The van der Waals surface area contributed by atoms with E-state index in [2.05, 4.69) is 25.5 Å². The van der Waals surface area contributed by atoms with Crippen molar-refractivity contribution in [2.45, 2.75) is 39.9 Å². The van der Waals surface area contributed by atoms with E-state index >= 15 is 0 Å². The van der Waals surface area contributed by atoms with Gasteiger partial charge in [-0.3, -0.25) is 0 Å². The Morgan fingerprint density at radius 1 is 0.630 bits per heavy atom. The Balaban J connectivity index is 0.000000175. The third-order valence-electron chi connectivity index (χ3n) is 6.54. The number of alkyl halides is 6. The molecule has 0 aliphatic heterocycles. The van der Waals surface area contributed by atoms with Crippen molar-refractivity contribution in [3.05, 3.63) is 129 Å². The molecule has 12 heteroatoms. The smallest absolute Gasteiger partial charge is 0.406 e. The molecule has 4 aromatic carbocycles. The molecule has 0 atom stereocenters. The highest BCUT2D eigenvalue weighted by molar-refractivity contribution is 6.31. The van der Waals surface area contributed by atoms with E-state index in [4.69, 9.17) is 23.2 Å². The van der Waals surface area contributed by atoms with Crippen molar-refractivity contribution in [3.63, 3.8) is 0 Å². The topological polar surface area (TPSA) is 50.0 Å². The predicted molar refractivity (Wildman–Crippen MR) is 170 cm³/mol. The lowest BCUT2D eigenvalue weighted by Gasteiger charge is -2.10. The van der Waals surface area contributed by atoms with Gasteiger partial charge in [0.05, 0.1) is 0 Å². The first-order valence-corrected chi connectivity index (χ1v) is 14.5. The normalized spacial score (nSPS) is 11.5. The second-order valence-electron chi connectivity index (χ2n) is 10.3. The molecular weight excluding hydrogens is 653 g/mol. The van der Waals surface area contributed by atoms with Crippen molar-refractivity contribution in [1.29, 1.82) is 0 Å². The average Bonchev–Trinajstić information content (AvgIpc) is 3.44. The van der Waals surface area contributed by atoms with Gasteiger partial charge >= 0.3 is 12.7 Å². The van der Waals surface area contributed by atoms with Crippen LogP contribution in [0, 0.1) is 20.8 Å². The molecule has 0 saturated carbocycles. The van der Waals surface area contributed by atoms with Gasteiger partial charge in [0.15, 0.2) is 0 Å². The molecule has 0 spiro atoms. The fourth-order valence-corrected chi connectivity index (χ4v) is 5.05. The molecule has 242 valence electrons. The summed E-state index contributed by atoms with van der Waals surface area (Å²) in [6, 6.07) is 25.3. The van der Waals surface area contributed by atoms with Crippen LogP contribution >= 0.6 is 23.2 Å². The molecule has 0 fully saturated rings. The van der Waals surface area contributed by atoms with Crippen LogP contribution in [0.4, 0.5) is 26.3 Å². The van der Waals surface area contributed by atoms with Gasteiger partial charge in [-0.05, 0) is 104 Å². The molecule has 6 aromatic rings. The summed E-state index contributed by atoms with van der Waals surface area (Å²) in [6.07, 6.45) is -8.79. The van der Waals surface area contributed by atoms with Crippen LogP contribution in [0.25, 0.3) is 21.8 Å². The SMILES string of the molecule is Cc1[nH]c2cc(Cl)ccc2c1Cc1cccc(OC(F)(F)F)c1.Cc1cc2ccc(Cl)cc2[nH]1.Cc1cccc(OC(F)(F)F)c1. The van der Waals surface area contributed by atoms with E-state index in [1.807, 2.05) is 44.2 Å². The molecule has 4 nitrogen and oxygen atoms in total. The van der Waals surface area contributed by atoms with E-state index in [-0.39, 0.29) is 11.5 Å². The average molecular weight is 682 g/mol. The van der Waals surface area contributed by atoms with Crippen LogP contribution in [0.1, 0.15) is 28.1 Å². The van der Waals surface area contributed by atoms with Crippen LogP contribution < -0.4 is 9.47 Å². The first kappa shape index (κ1) is 34.6. The lowest BCUT2D eigenvalue weighted by Crippen LogP contribution is -2.17. The maximum Gasteiger partial charge on any atom is 0.573 e. The fourth-order valence-electron chi connectivity index (χ4n) is 4.70. The Labute approximate surface area is 270 Å². The maximum absolute atomic E-state index is 12.3. The highest BCUT2D eigenvalue weighted by atomic mass is 35.5. The number of halogens is 8. The Kier molecular flexibility index (Phi) is 10.9. The van der Waals surface area contributed by atoms with Crippen LogP contribution in [-0.4, -0.2) is 22.7 Å². The van der Waals surface area contributed by atoms with E-state index in [1.165, 1.54) is 41.4 Å². The van der Waals surface area contributed by atoms with Crippen LogP contribution in [0.3, 0.4) is 0 Å². The summed E-state index contributed by atoms with van der Waals surface area (Å²) in [5, 5.41) is 3.63. The molecule has 0 unspecified atom stereocenters. The number of fused-ring (bicyclic) bond motifs is 2. The standard InChI is InChI=1S/C17H13ClF3NO.C9H8ClN.C8H7F3O/c1-10-15(14-6-5-12(18)9-16(14)22-10)8-11-3-2-4-13(7-11)23-17(19,20)21;1-6-4-7-2-3-8(10)5-9(7)11-6;1-6-3-2-4-7(5-6)12-8(9,10)11/h2-7,9,22H,8H2,1H3;2-5,11H,1H3;2-5H,1H3. The Bertz CT molecular complexity index is 1930. The summed E-state index contributed by atoms with van der Waals surface area (Å²) in [5.41, 5.74) is 6.65. The second kappa shape index (κ2) is 14.4. The van der Waals surface area contributed by atoms with Crippen molar-refractivity contribution < 1.29 is 35.8 Å². The third-order valence-corrected chi connectivity index (χ3v) is 7.01. The van der Waals surface area contributed by atoms with Gasteiger partial charge in [-0.1, -0.05) is 59.6 Å².